The Kier molecular flexibility index (Phi) is 14.8. The molecule has 0 aliphatic heterocycles. The zero-order chi connectivity index (χ0) is 46.3. The van der Waals surface area contributed by atoms with Crippen molar-refractivity contribution in [1.82, 2.24) is 9.03 Å². The van der Waals surface area contributed by atoms with Crippen LogP contribution in [0.1, 0.15) is 42.7 Å². The number of nitrogens with zero attached hydrogens (tertiary/aromatic N) is 2. The molecular formula is C49H45Cl2N3O8S2. The standard InChI is InChI=1S/C25H24ClNO4S.C23H20ClNO4S.CHN/c1-3-27(25(24(28)31-2)17-23(25)20-7-5-4-6-8-20)32(29,30)22-15-11-19(12-16-22)18-9-13-21(26)14-10-18;1-29-22(26)23(15-21(23)18-5-3-2-4-6-18)25-30(27,28)20-13-9-17(10-14-20)16-7-11-19(24)12-8-16;1-2/h4-16,23H,3,17H2,1-2H3;2-14,21,25H,15H2,1H3;1H. The lowest BCUT2D eigenvalue weighted by Gasteiger charge is -2.29. The number of nitriles is 1. The molecule has 6 aromatic rings. The molecule has 11 nitrogen and oxygen atoms in total. The van der Waals surface area contributed by atoms with E-state index in [4.69, 9.17) is 37.9 Å². The molecule has 2 saturated carbocycles. The molecule has 8 rings (SSSR count). The number of halogens is 2. The second kappa shape index (κ2) is 19.9. The van der Waals surface area contributed by atoms with Gasteiger partial charge in [0.25, 0.3) is 0 Å². The van der Waals surface area contributed by atoms with Crippen LogP contribution in [0.25, 0.3) is 22.3 Å². The zero-order valence-corrected chi connectivity index (χ0v) is 38.2. The Morgan fingerprint density at radius 2 is 1.00 bits per heavy atom. The third kappa shape index (κ3) is 9.78. The third-order valence-electron chi connectivity index (χ3n) is 11.4. The van der Waals surface area contributed by atoms with E-state index in [1.807, 2.05) is 84.9 Å². The molecule has 4 unspecified atom stereocenters. The highest BCUT2D eigenvalue weighted by molar-refractivity contribution is 7.89. The van der Waals surface area contributed by atoms with Gasteiger partial charge in [0.05, 0.1) is 24.0 Å². The largest absolute Gasteiger partial charge is 0.468 e. The number of methoxy groups -OCH3 is 2. The SMILES string of the molecule is C#N.CCN(C1(C(=O)OC)CC1c1ccccc1)S(=O)(=O)c1ccc(-c2ccc(Cl)cc2)cc1.COC(=O)C1(NS(=O)(=O)c2ccc(-c3ccc(Cl)cc3)cc2)CC1c1ccccc1. The van der Waals surface area contributed by atoms with E-state index in [9.17, 15) is 26.4 Å². The van der Waals surface area contributed by atoms with Crippen LogP contribution in [0.2, 0.25) is 10.0 Å². The molecule has 2 fully saturated rings. The number of hydrogen-bond donors (Lipinski definition) is 1. The molecule has 64 heavy (non-hydrogen) atoms. The summed E-state index contributed by atoms with van der Waals surface area (Å²) in [6, 6.07) is 46.6. The van der Waals surface area contributed by atoms with E-state index in [0.717, 1.165) is 33.4 Å². The fraction of sp³-hybridized carbons (Fsp3) is 0.204. The number of nitrogens with one attached hydrogen (secondary N) is 1. The van der Waals surface area contributed by atoms with Crippen molar-refractivity contribution in [3.8, 4) is 28.8 Å². The molecule has 15 heteroatoms. The van der Waals surface area contributed by atoms with Crippen molar-refractivity contribution in [2.45, 2.75) is 52.5 Å². The summed E-state index contributed by atoms with van der Waals surface area (Å²) >= 11 is 11.9. The minimum Gasteiger partial charge on any atom is -0.468 e. The number of carbonyl (C=O) groups excluding carboxylic acids is 2. The minimum absolute atomic E-state index is 0.0854. The summed E-state index contributed by atoms with van der Waals surface area (Å²) in [4.78, 5) is 25.6. The molecule has 0 bridgehead atoms. The Morgan fingerprint density at radius 1 is 0.609 bits per heavy atom. The van der Waals surface area contributed by atoms with E-state index in [0.29, 0.717) is 22.9 Å². The molecule has 0 spiro atoms. The van der Waals surface area contributed by atoms with Crippen LogP contribution in [0.15, 0.2) is 168 Å². The van der Waals surface area contributed by atoms with E-state index in [2.05, 4.69) is 11.3 Å². The summed E-state index contributed by atoms with van der Waals surface area (Å²) in [7, 11) is -5.30. The van der Waals surface area contributed by atoms with Crippen molar-refractivity contribution < 1.29 is 35.9 Å². The van der Waals surface area contributed by atoms with Crippen LogP contribution in [-0.4, -0.2) is 64.9 Å². The first-order valence-corrected chi connectivity index (χ1v) is 23.7. The monoisotopic (exact) mass is 937 g/mol. The molecule has 0 radical (unpaired) electrons. The van der Waals surface area contributed by atoms with Crippen LogP contribution >= 0.6 is 23.2 Å². The zero-order valence-electron chi connectivity index (χ0n) is 35.1. The maximum atomic E-state index is 13.6. The number of hydrogen-bond acceptors (Lipinski definition) is 9. The normalized spacial score (nSPS) is 19.8. The Hall–Kier alpha value is -5.85. The highest BCUT2D eigenvalue weighted by Gasteiger charge is 2.68. The van der Waals surface area contributed by atoms with Crippen molar-refractivity contribution in [2.75, 3.05) is 20.8 Å². The van der Waals surface area contributed by atoms with E-state index >= 15 is 0 Å². The fourth-order valence-corrected chi connectivity index (χ4v) is 11.5. The maximum absolute atomic E-state index is 13.6. The van der Waals surface area contributed by atoms with Gasteiger partial charge < -0.3 is 9.47 Å². The number of sulfonamides is 2. The molecule has 330 valence electrons. The van der Waals surface area contributed by atoms with Crippen LogP contribution in [0.4, 0.5) is 0 Å². The molecule has 6 aromatic carbocycles. The maximum Gasteiger partial charge on any atom is 0.327 e. The van der Waals surface area contributed by atoms with Crippen LogP contribution in [0, 0.1) is 11.8 Å². The highest BCUT2D eigenvalue weighted by Crippen LogP contribution is 2.58. The number of esters is 2. The van der Waals surface area contributed by atoms with Crippen molar-refractivity contribution >= 4 is 55.2 Å². The van der Waals surface area contributed by atoms with Gasteiger partial charge in [0.15, 0.2) is 0 Å². The second-order valence-corrected chi connectivity index (χ2v) is 19.5. The summed E-state index contributed by atoms with van der Waals surface area (Å²) in [6.07, 6.45) is 0.741. The predicted molar refractivity (Wildman–Crippen MR) is 247 cm³/mol. The van der Waals surface area contributed by atoms with Crippen LogP contribution in [-0.2, 0) is 39.1 Å². The van der Waals surface area contributed by atoms with Crippen molar-refractivity contribution in [1.29, 1.82) is 5.26 Å². The average Bonchev–Trinajstić information content (AvgIpc) is 4.26. The van der Waals surface area contributed by atoms with Gasteiger partial charge in [-0.3, -0.25) is 4.79 Å². The van der Waals surface area contributed by atoms with E-state index in [-0.39, 0.29) is 28.2 Å². The third-order valence-corrected chi connectivity index (χ3v) is 15.5. The van der Waals surface area contributed by atoms with E-state index in [1.165, 1.54) is 30.7 Å². The molecular weight excluding hydrogens is 894 g/mol. The van der Waals surface area contributed by atoms with Gasteiger partial charge in [-0.2, -0.15) is 9.03 Å². The predicted octanol–water partition coefficient (Wildman–Crippen LogP) is 9.64. The molecule has 2 aliphatic carbocycles. The highest BCUT2D eigenvalue weighted by atomic mass is 35.5. The lowest BCUT2D eigenvalue weighted by molar-refractivity contribution is -0.147. The lowest BCUT2D eigenvalue weighted by atomic mass is 10.1. The van der Waals surface area contributed by atoms with Gasteiger partial charge in [0.2, 0.25) is 20.0 Å². The topological polar surface area (TPSA) is 160 Å². The Labute approximate surface area is 384 Å². The van der Waals surface area contributed by atoms with Crippen LogP contribution in [0.3, 0.4) is 0 Å². The van der Waals surface area contributed by atoms with Gasteiger partial charge in [0, 0.05) is 35.0 Å². The van der Waals surface area contributed by atoms with E-state index in [1.54, 1.807) is 67.6 Å². The Morgan fingerprint density at radius 3 is 1.41 bits per heavy atom. The number of carbonyl (C=O) groups is 2. The summed E-state index contributed by atoms with van der Waals surface area (Å²) in [5.74, 6) is -1.64. The summed E-state index contributed by atoms with van der Waals surface area (Å²) in [6.45, 7) is 5.39. The van der Waals surface area contributed by atoms with Crippen molar-refractivity contribution in [3.63, 3.8) is 0 Å². The first kappa shape index (κ1) is 47.6. The van der Waals surface area contributed by atoms with Gasteiger partial charge >= 0.3 is 11.9 Å². The molecule has 0 heterocycles. The molecule has 4 atom stereocenters. The molecule has 1 N–H and O–H groups in total. The summed E-state index contributed by atoms with van der Waals surface area (Å²) in [5, 5.41) is 7.77. The van der Waals surface area contributed by atoms with Crippen LogP contribution in [0.5, 0.6) is 0 Å². The first-order valence-electron chi connectivity index (χ1n) is 20.0. The first-order chi connectivity index (χ1) is 30.7. The van der Waals surface area contributed by atoms with Gasteiger partial charge in [-0.1, -0.05) is 139 Å². The smallest absolute Gasteiger partial charge is 0.327 e. The van der Waals surface area contributed by atoms with Gasteiger partial charge in [-0.15, -0.1) is 0 Å². The molecule has 0 saturated heterocycles. The molecule has 0 amide bonds. The summed E-state index contributed by atoms with van der Waals surface area (Å²) in [5.41, 5.74) is 2.88. The summed E-state index contributed by atoms with van der Waals surface area (Å²) < 4.78 is 67.3. The Bertz CT molecular complexity index is 2810. The number of benzene rings is 6. The van der Waals surface area contributed by atoms with Gasteiger partial charge in [-0.05, 0) is 94.8 Å². The molecule has 0 aromatic heterocycles. The fourth-order valence-electron chi connectivity index (χ4n) is 8.05. The lowest BCUT2D eigenvalue weighted by Crippen LogP contribution is -2.48. The molecule has 2 aliphatic rings. The van der Waals surface area contributed by atoms with E-state index < -0.39 is 43.1 Å². The quantitative estimate of drug-likeness (QED) is 0.111. The van der Waals surface area contributed by atoms with Gasteiger partial charge in [-0.25, -0.2) is 26.9 Å². The number of likely N-dealkylation sites (N-methyl/N-ethyl adjacent to an activating group) is 1. The van der Waals surface area contributed by atoms with Crippen molar-refractivity contribution in [2.24, 2.45) is 0 Å². The second-order valence-electron chi connectivity index (χ2n) is 15.1. The van der Waals surface area contributed by atoms with Crippen LogP contribution < -0.4 is 4.72 Å². The Balaban J connectivity index is 0.000000205. The number of ether oxygens (including phenoxy) is 2. The minimum atomic E-state index is -3.94. The average molecular weight is 939 g/mol. The number of rotatable bonds is 13. The van der Waals surface area contributed by atoms with Gasteiger partial charge in [0.1, 0.15) is 11.1 Å². The van der Waals surface area contributed by atoms with Crippen molar-refractivity contribution in [3.05, 3.63) is 179 Å².